The molecule has 2 unspecified atom stereocenters. The summed E-state index contributed by atoms with van der Waals surface area (Å²) in [5, 5.41) is 3.11. The number of benzene rings is 1. The van der Waals surface area contributed by atoms with Crippen LogP contribution in [0.3, 0.4) is 0 Å². The fourth-order valence-corrected chi connectivity index (χ4v) is 4.51. The summed E-state index contributed by atoms with van der Waals surface area (Å²) < 4.78 is 5.38. The standard InChI is InChI=1S/C23H34N2O3/c1-16(2)11-12-24-22(26)21-15-25(23(27)17-7-4-5-8-17)14-20(21)18-9-6-10-19(13-18)28-3/h6,9-10,13,16-17,20-21H,4-5,7-8,11-12,14-15H2,1-3H3,(H,24,26). The molecule has 2 aliphatic rings. The molecule has 1 heterocycles. The molecule has 0 spiro atoms. The van der Waals surface area contributed by atoms with Gasteiger partial charge in [0.15, 0.2) is 0 Å². The van der Waals surface area contributed by atoms with E-state index in [9.17, 15) is 9.59 Å². The molecule has 0 bridgehead atoms. The Bertz CT molecular complexity index is 682. The zero-order valence-electron chi connectivity index (χ0n) is 17.4. The lowest BCUT2D eigenvalue weighted by atomic mass is 9.88. The van der Waals surface area contributed by atoms with Crippen molar-refractivity contribution in [3.05, 3.63) is 29.8 Å². The van der Waals surface area contributed by atoms with Crippen LogP contribution in [-0.4, -0.2) is 43.5 Å². The summed E-state index contributed by atoms with van der Waals surface area (Å²) in [7, 11) is 1.65. The minimum atomic E-state index is -0.204. The number of nitrogens with zero attached hydrogens (tertiary/aromatic N) is 1. The SMILES string of the molecule is COc1cccc(C2CN(C(=O)C3CCCC3)CC2C(=O)NCCC(C)C)c1. The highest BCUT2D eigenvalue weighted by Crippen LogP contribution is 2.37. The number of likely N-dealkylation sites (tertiary alicyclic amines) is 1. The number of hydrogen-bond acceptors (Lipinski definition) is 3. The minimum absolute atomic E-state index is 0.0134. The molecule has 1 aliphatic heterocycles. The molecule has 0 radical (unpaired) electrons. The van der Waals surface area contributed by atoms with Gasteiger partial charge in [0.05, 0.1) is 13.0 Å². The lowest BCUT2D eigenvalue weighted by Gasteiger charge is -2.20. The third kappa shape index (κ3) is 4.86. The van der Waals surface area contributed by atoms with E-state index in [2.05, 4.69) is 19.2 Å². The first-order valence-electron chi connectivity index (χ1n) is 10.7. The second-order valence-corrected chi connectivity index (χ2v) is 8.69. The first kappa shape index (κ1) is 20.7. The molecule has 1 aliphatic carbocycles. The lowest BCUT2D eigenvalue weighted by Crippen LogP contribution is -2.37. The first-order chi connectivity index (χ1) is 13.5. The van der Waals surface area contributed by atoms with E-state index in [0.29, 0.717) is 25.6 Å². The van der Waals surface area contributed by atoms with Gasteiger partial charge in [0.2, 0.25) is 11.8 Å². The molecule has 2 fully saturated rings. The summed E-state index contributed by atoms with van der Waals surface area (Å²) in [5.74, 6) is 1.60. The third-order valence-corrected chi connectivity index (χ3v) is 6.22. The zero-order chi connectivity index (χ0) is 20.1. The smallest absolute Gasteiger partial charge is 0.225 e. The van der Waals surface area contributed by atoms with Gasteiger partial charge in [-0.1, -0.05) is 38.8 Å². The average molecular weight is 387 g/mol. The first-order valence-corrected chi connectivity index (χ1v) is 10.7. The number of hydrogen-bond donors (Lipinski definition) is 1. The van der Waals surface area contributed by atoms with Gasteiger partial charge in [-0.2, -0.15) is 0 Å². The van der Waals surface area contributed by atoms with Crippen LogP contribution in [0.4, 0.5) is 0 Å². The molecule has 154 valence electrons. The Labute approximate surface area is 168 Å². The maximum Gasteiger partial charge on any atom is 0.225 e. The van der Waals surface area contributed by atoms with E-state index in [0.717, 1.165) is 43.4 Å². The Morgan fingerprint density at radius 3 is 2.64 bits per heavy atom. The Kier molecular flexibility index (Phi) is 6.97. The molecule has 2 amide bonds. The molecule has 1 N–H and O–H groups in total. The molecular formula is C23H34N2O3. The number of rotatable bonds is 7. The third-order valence-electron chi connectivity index (χ3n) is 6.22. The van der Waals surface area contributed by atoms with Crippen LogP contribution in [0.25, 0.3) is 0 Å². The Morgan fingerprint density at radius 2 is 1.96 bits per heavy atom. The summed E-state index contributed by atoms with van der Waals surface area (Å²) >= 11 is 0. The van der Waals surface area contributed by atoms with Crippen LogP contribution in [-0.2, 0) is 9.59 Å². The second kappa shape index (κ2) is 9.44. The van der Waals surface area contributed by atoms with Gasteiger partial charge in [-0.15, -0.1) is 0 Å². The van der Waals surface area contributed by atoms with Crippen molar-refractivity contribution in [2.75, 3.05) is 26.7 Å². The molecule has 1 aromatic carbocycles. The monoisotopic (exact) mass is 386 g/mol. The van der Waals surface area contributed by atoms with E-state index in [1.807, 2.05) is 29.2 Å². The average Bonchev–Trinajstić information content (AvgIpc) is 3.37. The largest absolute Gasteiger partial charge is 0.497 e. The molecule has 1 saturated carbocycles. The number of amides is 2. The summed E-state index contributed by atoms with van der Waals surface area (Å²) in [6.45, 7) is 6.13. The highest BCUT2D eigenvalue weighted by molar-refractivity contribution is 5.84. The maximum absolute atomic E-state index is 13.0. The highest BCUT2D eigenvalue weighted by atomic mass is 16.5. The van der Waals surface area contributed by atoms with Gasteiger partial charge in [0.25, 0.3) is 0 Å². The van der Waals surface area contributed by atoms with Crippen LogP contribution >= 0.6 is 0 Å². The number of carbonyl (C=O) groups is 2. The number of ether oxygens (including phenoxy) is 1. The summed E-state index contributed by atoms with van der Waals surface area (Å²) in [6, 6.07) is 7.93. The van der Waals surface area contributed by atoms with Crippen molar-refractivity contribution in [2.45, 2.75) is 51.9 Å². The van der Waals surface area contributed by atoms with E-state index >= 15 is 0 Å². The van der Waals surface area contributed by atoms with Crippen molar-refractivity contribution in [3.8, 4) is 5.75 Å². The van der Waals surface area contributed by atoms with Crippen LogP contribution < -0.4 is 10.1 Å². The molecule has 1 saturated heterocycles. The molecule has 2 atom stereocenters. The van der Waals surface area contributed by atoms with Crippen molar-refractivity contribution >= 4 is 11.8 Å². The van der Waals surface area contributed by atoms with E-state index < -0.39 is 0 Å². The Balaban J connectivity index is 1.76. The van der Waals surface area contributed by atoms with Gasteiger partial charge >= 0.3 is 0 Å². The highest BCUT2D eigenvalue weighted by Gasteiger charge is 2.42. The predicted octanol–water partition coefficient (Wildman–Crippen LogP) is 3.59. The molecule has 5 nitrogen and oxygen atoms in total. The van der Waals surface area contributed by atoms with E-state index in [-0.39, 0.29) is 29.6 Å². The van der Waals surface area contributed by atoms with Crippen molar-refractivity contribution in [2.24, 2.45) is 17.8 Å². The number of methoxy groups -OCH3 is 1. The van der Waals surface area contributed by atoms with Crippen LogP contribution in [0.2, 0.25) is 0 Å². The lowest BCUT2D eigenvalue weighted by molar-refractivity contribution is -0.134. The maximum atomic E-state index is 13.0. The van der Waals surface area contributed by atoms with Gasteiger partial charge in [0.1, 0.15) is 5.75 Å². The minimum Gasteiger partial charge on any atom is -0.497 e. The predicted molar refractivity (Wildman–Crippen MR) is 110 cm³/mol. The van der Waals surface area contributed by atoms with Crippen LogP contribution in [0.5, 0.6) is 5.75 Å². The van der Waals surface area contributed by atoms with Gasteiger partial charge in [-0.05, 0) is 42.9 Å². The normalized spacial score (nSPS) is 22.6. The van der Waals surface area contributed by atoms with Gasteiger partial charge < -0.3 is 15.0 Å². The molecule has 28 heavy (non-hydrogen) atoms. The van der Waals surface area contributed by atoms with Crippen LogP contribution in [0.15, 0.2) is 24.3 Å². The van der Waals surface area contributed by atoms with E-state index in [1.54, 1.807) is 7.11 Å². The summed E-state index contributed by atoms with van der Waals surface area (Å²) in [5.41, 5.74) is 1.07. The number of carbonyl (C=O) groups excluding carboxylic acids is 2. The van der Waals surface area contributed by atoms with Gasteiger partial charge in [-0.3, -0.25) is 9.59 Å². The van der Waals surface area contributed by atoms with Crippen molar-refractivity contribution in [1.82, 2.24) is 10.2 Å². The molecule has 0 aromatic heterocycles. The van der Waals surface area contributed by atoms with Gasteiger partial charge in [-0.25, -0.2) is 0 Å². The summed E-state index contributed by atoms with van der Waals surface area (Å²) in [6.07, 6.45) is 5.23. The fraction of sp³-hybridized carbons (Fsp3) is 0.652. The van der Waals surface area contributed by atoms with E-state index in [1.165, 1.54) is 0 Å². The molecular weight excluding hydrogens is 352 g/mol. The van der Waals surface area contributed by atoms with Crippen molar-refractivity contribution in [1.29, 1.82) is 0 Å². The Morgan fingerprint density at radius 1 is 1.21 bits per heavy atom. The molecule has 1 aromatic rings. The topological polar surface area (TPSA) is 58.6 Å². The fourth-order valence-electron chi connectivity index (χ4n) is 4.51. The summed E-state index contributed by atoms with van der Waals surface area (Å²) in [4.78, 5) is 27.9. The second-order valence-electron chi connectivity index (χ2n) is 8.69. The van der Waals surface area contributed by atoms with Gasteiger partial charge in [0, 0.05) is 31.5 Å². The van der Waals surface area contributed by atoms with E-state index in [4.69, 9.17) is 4.74 Å². The Hall–Kier alpha value is -2.04. The van der Waals surface area contributed by atoms with Crippen LogP contribution in [0.1, 0.15) is 57.4 Å². The number of nitrogens with one attached hydrogen (secondary N) is 1. The quantitative estimate of drug-likeness (QED) is 0.779. The van der Waals surface area contributed by atoms with Crippen LogP contribution in [0, 0.1) is 17.8 Å². The molecule has 3 rings (SSSR count). The zero-order valence-corrected chi connectivity index (χ0v) is 17.4. The van der Waals surface area contributed by atoms with Crippen molar-refractivity contribution < 1.29 is 14.3 Å². The molecule has 5 heteroatoms. The van der Waals surface area contributed by atoms with Crippen molar-refractivity contribution in [3.63, 3.8) is 0 Å².